The van der Waals surface area contributed by atoms with Crippen molar-refractivity contribution in [2.45, 2.75) is 20.1 Å². The molecule has 0 bridgehead atoms. The molecule has 0 aromatic heterocycles. The summed E-state index contributed by atoms with van der Waals surface area (Å²) in [6.07, 6.45) is 1.57. The molecular weight excluding hydrogens is 628 g/mol. The quantitative estimate of drug-likeness (QED) is 0.229. The van der Waals surface area contributed by atoms with Crippen LogP contribution in [0.5, 0.6) is 11.5 Å². The number of amides is 2. The van der Waals surface area contributed by atoms with Gasteiger partial charge in [0.05, 0.1) is 32.6 Å². The molecule has 0 aliphatic carbocycles. The van der Waals surface area contributed by atoms with Gasteiger partial charge in [-0.2, -0.15) is 0 Å². The van der Waals surface area contributed by atoms with Gasteiger partial charge in [0.2, 0.25) is 0 Å². The number of nitrogens with zero attached hydrogens (tertiary/aromatic N) is 1. The molecule has 1 heterocycles. The number of carbonyl (C=O) groups is 2. The molecular formula is C26H18BrCl3FNO4S. The number of halogens is 5. The molecule has 0 spiro atoms. The second kappa shape index (κ2) is 12.1. The molecule has 0 radical (unpaired) electrons. The van der Waals surface area contributed by atoms with Gasteiger partial charge in [0.15, 0.2) is 11.5 Å². The lowest BCUT2D eigenvalue weighted by molar-refractivity contribution is -0.123. The Morgan fingerprint density at radius 2 is 1.81 bits per heavy atom. The first-order valence-corrected chi connectivity index (χ1v) is 13.6. The maximum Gasteiger partial charge on any atom is 0.293 e. The molecule has 1 fully saturated rings. The SMILES string of the molecule is CCOc1cc(/C=C2/SC(=O)N(Cc3c(F)cccc3Cl)C2=O)cc(Br)c1OCc1ccc(Cl)c(Cl)c1. The normalized spacial score (nSPS) is 14.5. The second-order valence-corrected chi connectivity index (χ2v) is 10.8. The molecule has 37 heavy (non-hydrogen) atoms. The minimum absolute atomic E-state index is 0.0811. The van der Waals surface area contributed by atoms with Crippen molar-refractivity contribution in [3.8, 4) is 11.5 Å². The lowest BCUT2D eigenvalue weighted by Crippen LogP contribution is -2.28. The smallest absolute Gasteiger partial charge is 0.293 e. The highest BCUT2D eigenvalue weighted by molar-refractivity contribution is 9.10. The zero-order chi connectivity index (χ0) is 26.7. The Morgan fingerprint density at radius 1 is 1.03 bits per heavy atom. The van der Waals surface area contributed by atoms with Crippen LogP contribution < -0.4 is 9.47 Å². The van der Waals surface area contributed by atoms with E-state index in [0.717, 1.165) is 22.2 Å². The minimum Gasteiger partial charge on any atom is -0.490 e. The molecule has 0 N–H and O–H groups in total. The lowest BCUT2D eigenvalue weighted by atomic mass is 10.1. The monoisotopic (exact) mass is 643 g/mol. The largest absolute Gasteiger partial charge is 0.490 e. The van der Waals surface area contributed by atoms with E-state index in [-0.39, 0.29) is 28.6 Å². The first-order chi connectivity index (χ1) is 17.7. The summed E-state index contributed by atoms with van der Waals surface area (Å²) in [4.78, 5) is 26.7. The van der Waals surface area contributed by atoms with Gasteiger partial charge in [0.1, 0.15) is 12.4 Å². The van der Waals surface area contributed by atoms with Crippen molar-refractivity contribution in [2.75, 3.05) is 6.61 Å². The van der Waals surface area contributed by atoms with Crippen LogP contribution in [0.1, 0.15) is 23.6 Å². The molecule has 1 saturated heterocycles. The van der Waals surface area contributed by atoms with E-state index in [1.54, 1.807) is 36.4 Å². The summed E-state index contributed by atoms with van der Waals surface area (Å²) in [5, 5.41) is 0.506. The molecule has 5 nitrogen and oxygen atoms in total. The van der Waals surface area contributed by atoms with Crippen LogP contribution in [0, 0.1) is 5.82 Å². The van der Waals surface area contributed by atoms with Gasteiger partial charge in [-0.1, -0.05) is 46.9 Å². The standard InChI is InChI=1S/C26H18BrCl3FNO4S/c1-2-35-22-10-15(8-17(27)24(22)36-13-14-6-7-19(29)20(30)9-14)11-23-25(33)32(26(34)37-23)12-16-18(28)4-3-5-21(16)31/h3-11H,2,12-13H2,1H3/b23-11+. The summed E-state index contributed by atoms with van der Waals surface area (Å²) in [6, 6.07) is 12.9. The van der Waals surface area contributed by atoms with E-state index in [2.05, 4.69) is 15.9 Å². The Bertz CT molecular complexity index is 1400. The van der Waals surface area contributed by atoms with Crippen LogP contribution in [-0.4, -0.2) is 22.7 Å². The van der Waals surface area contributed by atoms with Crippen molar-refractivity contribution in [1.82, 2.24) is 4.90 Å². The van der Waals surface area contributed by atoms with Crippen LogP contribution in [0.3, 0.4) is 0 Å². The Kier molecular flexibility index (Phi) is 9.08. The van der Waals surface area contributed by atoms with Crippen molar-refractivity contribution >= 4 is 79.7 Å². The molecule has 192 valence electrons. The molecule has 0 unspecified atom stereocenters. The second-order valence-electron chi connectivity index (χ2n) is 7.77. The average molecular weight is 646 g/mol. The number of rotatable bonds is 8. The predicted octanol–water partition coefficient (Wildman–Crippen LogP) is 8.76. The summed E-state index contributed by atoms with van der Waals surface area (Å²) in [7, 11) is 0. The van der Waals surface area contributed by atoms with Gasteiger partial charge in [-0.05, 0) is 88.2 Å². The predicted molar refractivity (Wildman–Crippen MR) is 149 cm³/mol. The van der Waals surface area contributed by atoms with E-state index in [1.165, 1.54) is 18.2 Å². The number of benzene rings is 3. The number of hydrogen-bond donors (Lipinski definition) is 0. The van der Waals surface area contributed by atoms with Gasteiger partial charge in [-0.15, -0.1) is 0 Å². The lowest BCUT2D eigenvalue weighted by Gasteiger charge is -2.15. The summed E-state index contributed by atoms with van der Waals surface area (Å²) in [5.74, 6) is -0.214. The Labute approximate surface area is 240 Å². The van der Waals surface area contributed by atoms with E-state index in [4.69, 9.17) is 44.3 Å². The molecule has 1 aliphatic rings. The summed E-state index contributed by atoms with van der Waals surface area (Å²) in [5.41, 5.74) is 1.50. The highest BCUT2D eigenvalue weighted by Crippen LogP contribution is 2.40. The van der Waals surface area contributed by atoms with E-state index < -0.39 is 17.0 Å². The van der Waals surface area contributed by atoms with Crippen LogP contribution in [0.4, 0.5) is 9.18 Å². The third kappa shape index (κ3) is 6.44. The highest BCUT2D eigenvalue weighted by Gasteiger charge is 2.36. The molecule has 2 amide bonds. The Hall–Kier alpha value is -2.23. The maximum atomic E-state index is 14.2. The van der Waals surface area contributed by atoms with Crippen LogP contribution in [-0.2, 0) is 17.9 Å². The van der Waals surface area contributed by atoms with Crippen LogP contribution in [0.2, 0.25) is 15.1 Å². The molecule has 4 rings (SSSR count). The van der Waals surface area contributed by atoms with Gasteiger partial charge < -0.3 is 9.47 Å². The number of hydrogen-bond acceptors (Lipinski definition) is 5. The van der Waals surface area contributed by atoms with E-state index in [1.807, 2.05) is 6.92 Å². The van der Waals surface area contributed by atoms with Crippen molar-refractivity contribution in [2.24, 2.45) is 0 Å². The fourth-order valence-electron chi connectivity index (χ4n) is 3.49. The summed E-state index contributed by atoms with van der Waals surface area (Å²) in [6.45, 7) is 2.16. The highest BCUT2D eigenvalue weighted by atomic mass is 79.9. The van der Waals surface area contributed by atoms with Gasteiger partial charge in [-0.3, -0.25) is 14.5 Å². The van der Waals surface area contributed by atoms with Gasteiger partial charge in [0, 0.05) is 10.6 Å². The van der Waals surface area contributed by atoms with Crippen LogP contribution in [0.25, 0.3) is 6.08 Å². The molecule has 3 aromatic carbocycles. The first-order valence-electron chi connectivity index (χ1n) is 10.9. The van der Waals surface area contributed by atoms with Crippen LogP contribution >= 0.6 is 62.5 Å². The van der Waals surface area contributed by atoms with Gasteiger partial charge in [-0.25, -0.2) is 4.39 Å². The minimum atomic E-state index is -0.586. The summed E-state index contributed by atoms with van der Waals surface area (Å²) < 4.78 is 26.6. The summed E-state index contributed by atoms with van der Waals surface area (Å²) >= 11 is 22.4. The molecule has 0 atom stereocenters. The van der Waals surface area contributed by atoms with Crippen LogP contribution in [0.15, 0.2) is 57.9 Å². The Morgan fingerprint density at radius 3 is 2.51 bits per heavy atom. The molecule has 1 aliphatic heterocycles. The van der Waals surface area contributed by atoms with Crippen molar-refractivity contribution in [1.29, 1.82) is 0 Å². The van der Waals surface area contributed by atoms with Crippen molar-refractivity contribution in [3.63, 3.8) is 0 Å². The van der Waals surface area contributed by atoms with Crippen molar-refractivity contribution in [3.05, 3.63) is 95.5 Å². The fourth-order valence-corrected chi connectivity index (χ4v) is 5.44. The average Bonchev–Trinajstić information content (AvgIpc) is 3.10. The van der Waals surface area contributed by atoms with Gasteiger partial charge in [0.25, 0.3) is 11.1 Å². The maximum absolute atomic E-state index is 14.2. The van der Waals surface area contributed by atoms with E-state index >= 15 is 0 Å². The van der Waals surface area contributed by atoms with Gasteiger partial charge >= 0.3 is 0 Å². The third-order valence-corrected chi connectivity index (χ3v) is 7.84. The number of carbonyl (C=O) groups excluding carboxylic acids is 2. The Balaban J connectivity index is 1.57. The molecule has 0 saturated carbocycles. The fraction of sp³-hybridized carbons (Fsp3) is 0.154. The van der Waals surface area contributed by atoms with E-state index in [9.17, 15) is 14.0 Å². The molecule has 3 aromatic rings. The first kappa shape index (κ1) is 27.8. The molecule has 11 heteroatoms. The topological polar surface area (TPSA) is 55.8 Å². The zero-order valence-corrected chi connectivity index (χ0v) is 23.9. The number of imide groups is 1. The van der Waals surface area contributed by atoms with Crippen molar-refractivity contribution < 1.29 is 23.5 Å². The number of thioether (sulfide) groups is 1. The zero-order valence-electron chi connectivity index (χ0n) is 19.2. The van der Waals surface area contributed by atoms with E-state index in [0.29, 0.717) is 38.2 Å². The number of ether oxygens (including phenoxy) is 2. The third-order valence-electron chi connectivity index (χ3n) is 5.25.